The molecule has 0 bridgehead atoms. The highest BCUT2D eigenvalue weighted by molar-refractivity contribution is 6.36. The number of aliphatic hydroxyl groups excluding tert-OH is 1. The zero-order valence-electron chi connectivity index (χ0n) is 5.36. The van der Waals surface area contributed by atoms with Crippen LogP contribution in [0.15, 0.2) is 11.2 Å². The quantitative estimate of drug-likeness (QED) is 0.294. The van der Waals surface area contributed by atoms with Crippen molar-refractivity contribution in [2.24, 2.45) is 0 Å². The number of allylic oxidation sites excluding steroid dienone is 2. The van der Waals surface area contributed by atoms with E-state index in [0.717, 1.165) is 0 Å². The highest BCUT2D eigenvalue weighted by Crippen LogP contribution is 1.94. The Balaban J connectivity index is 4.23. The summed E-state index contributed by atoms with van der Waals surface area (Å²) in [4.78, 5) is 10.4. The number of ketones is 1. The van der Waals surface area contributed by atoms with Crippen LogP contribution in [-0.4, -0.2) is 18.7 Å². The third-order valence-electron chi connectivity index (χ3n) is 1.07. The van der Waals surface area contributed by atoms with Crippen molar-refractivity contribution in [3.05, 3.63) is 11.2 Å². The lowest BCUT2D eigenvalue weighted by Gasteiger charge is -1.93. The molecule has 0 saturated heterocycles. The summed E-state index contributed by atoms with van der Waals surface area (Å²) in [7, 11) is 1.59. The molecule has 0 radical (unpaired) electrons. The molecule has 0 rings (SSSR count). The number of hydrogen-bond acceptors (Lipinski definition) is 2. The molecule has 44 valence electrons. The van der Waals surface area contributed by atoms with Crippen molar-refractivity contribution in [1.29, 1.82) is 0 Å². The Bertz CT molecular complexity index is 133. The van der Waals surface area contributed by atoms with Crippen molar-refractivity contribution in [3.8, 4) is 0 Å². The minimum Gasteiger partial charge on any atom is -0.513 e. The van der Waals surface area contributed by atoms with Crippen LogP contribution in [0.3, 0.4) is 0 Å². The van der Waals surface area contributed by atoms with Crippen molar-refractivity contribution >= 4 is 13.6 Å². The van der Waals surface area contributed by atoms with Crippen LogP contribution in [0.1, 0.15) is 13.8 Å². The van der Waals surface area contributed by atoms with E-state index in [0.29, 0.717) is 5.47 Å². The zero-order valence-corrected chi connectivity index (χ0v) is 5.36. The van der Waals surface area contributed by atoms with E-state index in [1.165, 1.54) is 13.8 Å². The fourth-order valence-corrected chi connectivity index (χ4v) is 0.255. The molecular formula is C5H9BO2. The fourth-order valence-electron chi connectivity index (χ4n) is 0.255. The highest BCUT2D eigenvalue weighted by atomic mass is 16.3. The van der Waals surface area contributed by atoms with E-state index in [4.69, 9.17) is 5.11 Å². The van der Waals surface area contributed by atoms with Gasteiger partial charge in [-0.3, -0.25) is 4.79 Å². The van der Waals surface area contributed by atoms with Crippen LogP contribution in [0, 0.1) is 0 Å². The molecule has 0 aromatic carbocycles. The first-order valence-electron chi connectivity index (χ1n) is 2.43. The lowest BCUT2D eigenvalue weighted by atomic mass is 9.91. The van der Waals surface area contributed by atoms with E-state index in [2.05, 4.69) is 0 Å². The summed E-state index contributed by atoms with van der Waals surface area (Å²) in [6, 6.07) is 0. The number of hydrogen-bond donors (Lipinski definition) is 1. The predicted molar refractivity (Wildman–Crippen MR) is 34.6 cm³/mol. The third kappa shape index (κ3) is 1.82. The molecule has 0 saturated carbocycles. The van der Waals surface area contributed by atoms with E-state index in [9.17, 15) is 4.79 Å². The molecule has 0 aromatic heterocycles. The van der Waals surface area contributed by atoms with Crippen LogP contribution >= 0.6 is 0 Å². The minimum atomic E-state index is -0.0787. The largest absolute Gasteiger partial charge is 0.513 e. The third-order valence-corrected chi connectivity index (χ3v) is 1.07. The van der Waals surface area contributed by atoms with Crippen molar-refractivity contribution < 1.29 is 9.90 Å². The number of rotatable bonds is 1. The summed E-state index contributed by atoms with van der Waals surface area (Å²) in [6.07, 6.45) is 0. The molecule has 0 aliphatic carbocycles. The van der Waals surface area contributed by atoms with E-state index in [1.807, 2.05) is 0 Å². The second-order valence-corrected chi connectivity index (χ2v) is 1.77. The van der Waals surface area contributed by atoms with Crippen molar-refractivity contribution in [3.63, 3.8) is 0 Å². The van der Waals surface area contributed by atoms with Gasteiger partial charge in [0.05, 0.1) is 5.76 Å². The van der Waals surface area contributed by atoms with Gasteiger partial charge in [0.25, 0.3) is 0 Å². The van der Waals surface area contributed by atoms with Crippen LogP contribution in [0.5, 0.6) is 0 Å². The molecule has 0 unspecified atom stereocenters. The van der Waals surface area contributed by atoms with E-state index >= 15 is 0 Å². The van der Waals surface area contributed by atoms with Crippen LogP contribution in [0.4, 0.5) is 0 Å². The van der Waals surface area contributed by atoms with Gasteiger partial charge in [-0.15, -0.1) is 0 Å². The first-order chi connectivity index (χ1) is 3.55. The van der Waals surface area contributed by atoms with Crippen LogP contribution < -0.4 is 0 Å². The second kappa shape index (κ2) is 2.55. The first-order valence-corrected chi connectivity index (χ1v) is 2.43. The Morgan fingerprint density at radius 2 is 1.88 bits per heavy atom. The number of aliphatic hydroxyl groups is 1. The van der Waals surface area contributed by atoms with Crippen molar-refractivity contribution in [2.75, 3.05) is 0 Å². The fraction of sp³-hybridized carbons (Fsp3) is 0.400. The maximum absolute atomic E-state index is 10.4. The molecule has 0 aliphatic heterocycles. The Hall–Kier alpha value is -0.725. The lowest BCUT2D eigenvalue weighted by Crippen LogP contribution is -1.98. The van der Waals surface area contributed by atoms with E-state index in [-0.39, 0.29) is 11.5 Å². The Morgan fingerprint density at radius 1 is 1.50 bits per heavy atom. The number of carbonyl (C=O) groups excluding carboxylic acids is 1. The normalized spacial score (nSPS) is 12.8. The monoisotopic (exact) mass is 112 g/mol. The SMILES string of the molecule is B/C(C(C)=O)=C(\C)O. The van der Waals surface area contributed by atoms with Crippen LogP contribution in [-0.2, 0) is 4.79 Å². The highest BCUT2D eigenvalue weighted by Gasteiger charge is 1.97. The summed E-state index contributed by atoms with van der Waals surface area (Å²) in [5.74, 6) is 0.0301. The van der Waals surface area contributed by atoms with Gasteiger partial charge in [0.2, 0.25) is 0 Å². The summed E-state index contributed by atoms with van der Waals surface area (Å²) in [6.45, 7) is 2.92. The standard InChI is InChI=1S/C5H9BO2/c1-3(7)5(6)4(2)8/h7H,6H2,1-2H3/b5-3+. The molecule has 0 aromatic rings. The molecule has 3 heteroatoms. The molecular weight excluding hydrogens is 103 g/mol. The molecule has 0 aliphatic rings. The van der Waals surface area contributed by atoms with Gasteiger partial charge >= 0.3 is 0 Å². The summed E-state index contributed by atoms with van der Waals surface area (Å²) >= 11 is 0. The molecule has 0 fully saturated rings. The molecule has 0 heterocycles. The minimum absolute atomic E-state index is 0.0787. The van der Waals surface area contributed by atoms with E-state index in [1.54, 1.807) is 7.85 Å². The molecule has 8 heavy (non-hydrogen) atoms. The number of Topliss-reactive ketones (excluding diaryl/α,β-unsaturated/α-hetero) is 1. The second-order valence-electron chi connectivity index (χ2n) is 1.77. The van der Waals surface area contributed by atoms with E-state index < -0.39 is 0 Å². The molecule has 0 amide bonds. The average molecular weight is 112 g/mol. The van der Waals surface area contributed by atoms with Gasteiger partial charge in [-0.05, 0) is 19.3 Å². The van der Waals surface area contributed by atoms with Gasteiger partial charge in [0.15, 0.2) is 0 Å². The summed E-state index contributed by atoms with van der Waals surface area (Å²) in [5.41, 5.74) is 0.435. The van der Waals surface area contributed by atoms with Crippen molar-refractivity contribution in [1.82, 2.24) is 0 Å². The first kappa shape index (κ1) is 7.27. The van der Waals surface area contributed by atoms with Crippen molar-refractivity contribution in [2.45, 2.75) is 13.8 Å². The zero-order chi connectivity index (χ0) is 6.73. The average Bonchev–Trinajstić information content (AvgIpc) is 1.64. The molecule has 0 atom stereocenters. The van der Waals surface area contributed by atoms with Gasteiger partial charge in [0, 0.05) is 0 Å². The van der Waals surface area contributed by atoms with Gasteiger partial charge in [-0.1, -0.05) is 0 Å². The Morgan fingerprint density at radius 3 is 1.88 bits per heavy atom. The van der Waals surface area contributed by atoms with Gasteiger partial charge in [0.1, 0.15) is 13.6 Å². The Labute approximate surface area is 49.6 Å². The maximum Gasteiger partial charge on any atom is 0.149 e. The summed E-state index contributed by atoms with van der Waals surface area (Å²) in [5, 5.41) is 8.65. The number of carbonyl (C=O) groups is 1. The lowest BCUT2D eigenvalue weighted by molar-refractivity contribution is -0.113. The van der Waals surface area contributed by atoms with Crippen LogP contribution in [0.2, 0.25) is 0 Å². The molecule has 2 nitrogen and oxygen atoms in total. The molecule has 1 N–H and O–H groups in total. The van der Waals surface area contributed by atoms with Crippen LogP contribution in [0.25, 0.3) is 0 Å². The topological polar surface area (TPSA) is 37.3 Å². The molecule has 0 spiro atoms. The van der Waals surface area contributed by atoms with Gasteiger partial charge in [-0.25, -0.2) is 0 Å². The van der Waals surface area contributed by atoms with Gasteiger partial charge in [-0.2, -0.15) is 0 Å². The predicted octanol–water partition coefficient (Wildman–Crippen LogP) is -0.00200. The summed E-state index contributed by atoms with van der Waals surface area (Å²) < 4.78 is 0. The van der Waals surface area contributed by atoms with Gasteiger partial charge < -0.3 is 5.11 Å². The Kier molecular flexibility index (Phi) is 2.32. The smallest absolute Gasteiger partial charge is 0.149 e. The maximum atomic E-state index is 10.4.